The van der Waals surface area contributed by atoms with E-state index >= 15 is 0 Å². The number of nitrogens with two attached hydrogens (primary N) is 1. The minimum Gasteiger partial charge on any atom is -0.508 e. The zero-order valence-electron chi connectivity index (χ0n) is 30.3. The summed E-state index contributed by atoms with van der Waals surface area (Å²) in [7, 11) is -0.717. The first-order valence-electron chi connectivity index (χ1n) is 17.6. The maximum Gasteiger partial charge on any atom is 0.406 e. The van der Waals surface area contributed by atoms with Crippen LogP contribution in [0.3, 0.4) is 0 Å². The van der Waals surface area contributed by atoms with Crippen LogP contribution in [0.15, 0.2) is 97.1 Å². The summed E-state index contributed by atoms with van der Waals surface area (Å²) in [6, 6.07) is 27.0. The minimum atomic E-state index is -0.717. The Morgan fingerprint density at radius 2 is 0.870 bits per heavy atom. The lowest BCUT2D eigenvalue weighted by Crippen LogP contribution is -2.21. The van der Waals surface area contributed by atoms with Gasteiger partial charge in [0.1, 0.15) is 11.5 Å². The molecular weight excluding hydrogens is 711 g/mol. The molecule has 4 amide bonds. The van der Waals surface area contributed by atoms with E-state index in [4.69, 9.17) is 5.73 Å². The molecule has 0 radical (unpaired) electrons. The number of para-hydroxylation sites is 4. The second-order valence-corrected chi connectivity index (χ2v) is 12.4. The maximum atomic E-state index is 12.1. The van der Waals surface area contributed by atoms with Gasteiger partial charge in [0, 0.05) is 42.7 Å². The molecule has 0 fully saturated rings. The highest BCUT2D eigenvalue weighted by Gasteiger charge is 2.11. The molecule has 15 heteroatoms. The third kappa shape index (κ3) is 18.2. The SMILES string of the molecule is CB(O)Nc1ccccc1NC(=O)CCCCCC(=O)Nc1ccc(O)cc1.Cl.Nc1ccccc1NC(=O)CCCCCC(=O)Nc1ccc(O)cc1. The summed E-state index contributed by atoms with van der Waals surface area (Å²) in [4.78, 5) is 47.7. The summed E-state index contributed by atoms with van der Waals surface area (Å²) in [6.45, 7) is 1.61. The lowest BCUT2D eigenvalue weighted by molar-refractivity contribution is -0.117. The molecule has 10 N–H and O–H groups in total. The van der Waals surface area contributed by atoms with Crippen LogP contribution in [0, 0.1) is 0 Å². The molecule has 4 aromatic carbocycles. The van der Waals surface area contributed by atoms with E-state index in [9.17, 15) is 34.4 Å². The van der Waals surface area contributed by atoms with E-state index in [1.807, 2.05) is 24.3 Å². The van der Waals surface area contributed by atoms with Crippen LogP contribution in [-0.2, 0) is 19.2 Å². The van der Waals surface area contributed by atoms with Crippen molar-refractivity contribution in [3.63, 3.8) is 0 Å². The predicted molar refractivity (Wildman–Crippen MR) is 219 cm³/mol. The molecular formula is C39H50BClN6O7. The smallest absolute Gasteiger partial charge is 0.406 e. The average molecular weight is 761 g/mol. The Kier molecular flexibility index (Phi) is 20.2. The van der Waals surface area contributed by atoms with Gasteiger partial charge in [0.05, 0.1) is 17.1 Å². The molecule has 0 aliphatic rings. The summed E-state index contributed by atoms with van der Waals surface area (Å²) in [6.07, 6.45) is 5.90. The second-order valence-electron chi connectivity index (χ2n) is 12.4. The number of benzene rings is 4. The summed E-state index contributed by atoms with van der Waals surface area (Å²) < 4.78 is 0. The Morgan fingerprint density at radius 3 is 1.28 bits per heavy atom. The van der Waals surface area contributed by atoms with Gasteiger partial charge in [-0.3, -0.25) is 19.2 Å². The maximum absolute atomic E-state index is 12.1. The van der Waals surface area contributed by atoms with Crippen LogP contribution in [0.25, 0.3) is 0 Å². The number of nitrogen functional groups attached to an aromatic ring is 1. The molecule has 4 rings (SSSR count). The van der Waals surface area contributed by atoms with Gasteiger partial charge in [-0.15, -0.1) is 12.4 Å². The third-order valence-electron chi connectivity index (χ3n) is 7.72. The van der Waals surface area contributed by atoms with Gasteiger partial charge < -0.3 is 47.5 Å². The van der Waals surface area contributed by atoms with E-state index in [2.05, 4.69) is 26.5 Å². The first-order valence-corrected chi connectivity index (χ1v) is 17.6. The van der Waals surface area contributed by atoms with Gasteiger partial charge in [-0.2, -0.15) is 0 Å². The van der Waals surface area contributed by atoms with Gasteiger partial charge in [-0.1, -0.05) is 37.1 Å². The minimum absolute atomic E-state index is 0. The Balaban J connectivity index is 0.000000369. The molecule has 0 heterocycles. The topological polar surface area (TPSA) is 215 Å². The number of hydrogen-bond acceptors (Lipinski definition) is 9. The number of carbonyl (C=O) groups excluding carboxylic acids is 4. The van der Waals surface area contributed by atoms with E-state index < -0.39 is 7.05 Å². The van der Waals surface area contributed by atoms with Crippen LogP contribution in [0.4, 0.5) is 34.1 Å². The zero-order chi connectivity index (χ0) is 38.4. The Labute approximate surface area is 322 Å². The predicted octanol–water partition coefficient (Wildman–Crippen LogP) is 7.37. The van der Waals surface area contributed by atoms with Crippen molar-refractivity contribution in [2.75, 3.05) is 32.2 Å². The van der Waals surface area contributed by atoms with Crippen LogP contribution in [0.1, 0.15) is 64.2 Å². The number of amides is 4. The molecule has 4 aromatic rings. The number of aromatic hydroxyl groups is 2. The van der Waals surface area contributed by atoms with Crippen LogP contribution in [-0.4, -0.2) is 45.9 Å². The number of hydrogen-bond donors (Lipinski definition) is 9. The largest absolute Gasteiger partial charge is 0.508 e. The lowest BCUT2D eigenvalue weighted by Gasteiger charge is -2.13. The van der Waals surface area contributed by atoms with E-state index in [-0.39, 0.29) is 47.5 Å². The van der Waals surface area contributed by atoms with E-state index in [1.54, 1.807) is 55.4 Å². The standard InChI is InChI=1S/C20H26BN3O4.C19H23N3O3.ClH/c1-21(28)24-18-8-6-5-7-17(18)23-20(27)10-4-2-3-9-19(26)22-15-11-13-16(25)14-12-15;20-16-6-4-5-7-17(16)22-19(25)9-3-1-2-8-18(24)21-14-10-12-15(23)13-11-14;/h5-8,11-14,24-25,28H,2-4,9-10H2,1H3,(H,22,26)(H,23,27);4-7,10-13,23H,1-3,8-9,20H2,(H,21,24)(H,22,25);1H. The molecule has 0 bridgehead atoms. The number of unbranched alkanes of at least 4 members (excludes halogenated alkanes) is 4. The van der Waals surface area contributed by atoms with Gasteiger partial charge in [-0.25, -0.2) is 0 Å². The highest BCUT2D eigenvalue weighted by atomic mass is 35.5. The van der Waals surface area contributed by atoms with Crippen molar-refractivity contribution in [1.82, 2.24) is 0 Å². The zero-order valence-corrected chi connectivity index (χ0v) is 31.2. The highest BCUT2D eigenvalue weighted by Crippen LogP contribution is 2.22. The van der Waals surface area contributed by atoms with Crippen molar-refractivity contribution in [2.45, 2.75) is 71.0 Å². The van der Waals surface area contributed by atoms with E-state index in [1.165, 1.54) is 24.3 Å². The van der Waals surface area contributed by atoms with E-state index in [0.29, 0.717) is 85.5 Å². The van der Waals surface area contributed by atoms with Crippen molar-refractivity contribution < 1.29 is 34.4 Å². The monoisotopic (exact) mass is 760 g/mol. The Morgan fingerprint density at radius 1 is 0.519 bits per heavy atom. The molecule has 0 aliphatic carbocycles. The number of halogens is 1. The number of phenolic OH excluding ortho intramolecular Hbond substituents is 2. The number of anilines is 6. The van der Waals surface area contributed by atoms with Gasteiger partial charge in [0.2, 0.25) is 23.6 Å². The summed E-state index contributed by atoms with van der Waals surface area (Å²) >= 11 is 0. The number of phenols is 2. The van der Waals surface area contributed by atoms with Crippen molar-refractivity contribution in [1.29, 1.82) is 0 Å². The molecule has 0 unspecified atom stereocenters. The van der Waals surface area contributed by atoms with Crippen LogP contribution in [0.2, 0.25) is 6.82 Å². The number of nitrogens with one attached hydrogen (secondary N) is 5. The first kappa shape index (κ1) is 44.4. The summed E-state index contributed by atoms with van der Waals surface area (Å²) in [5.74, 6) is -0.0330. The molecule has 0 saturated carbocycles. The van der Waals surface area contributed by atoms with Crippen LogP contribution >= 0.6 is 12.4 Å². The van der Waals surface area contributed by atoms with Crippen molar-refractivity contribution >= 4 is 77.2 Å². The lowest BCUT2D eigenvalue weighted by atomic mass is 9.88. The molecule has 13 nitrogen and oxygen atoms in total. The van der Waals surface area contributed by atoms with Gasteiger partial charge in [0.25, 0.3) is 0 Å². The third-order valence-corrected chi connectivity index (χ3v) is 7.72. The first-order chi connectivity index (χ1) is 25.5. The van der Waals surface area contributed by atoms with Crippen molar-refractivity contribution in [3.8, 4) is 11.5 Å². The van der Waals surface area contributed by atoms with Gasteiger partial charge in [-0.05, 0) is 105 Å². The van der Waals surface area contributed by atoms with Gasteiger partial charge in [0.15, 0.2) is 0 Å². The fourth-order valence-corrected chi connectivity index (χ4v) is 5.01. The number of rotatable bonds is 18. The Hall–Kier alpha value is -5.73. The van der Waals surface area contributed by atoms with Gasteiger partial charge >= 0.3 is 7.05 Å². The average Bonchev–Trinajstić information content (AvgIpc) is 3.12. The number of carbonyl (C=O) groups is 4. The molecule has 0 aromatic heterocycles. The molecule has 54 heavy (non-hydrogen) atoms. The molecule has 0 aliphatic heterocycles. The van der Waals surface area contributed by atoms with Crippen molar-refractivity contribution in [3.05, 3.63) is 97.1 Å². The molecule has 0 saturated heterocycles. The molecule has 0 atom stereocenters. The fraction of sp³-hybridized carbons (Fsp3) is 0.282. The van der Waals surface area contributed by atoms with E-state index in [0.717, 1.165) is 12.8 Å². The second kappa shape index (κ2) is 24.5. The fourth-order valence-electron chi connectivity index (χ4n) is 5.01. The highest BCUT2D eigenvalue weighted by molar-refractivity contribution is 6.53. The molecule has 0 spiro atoms. The van der Waals surface area contributed by atoms with Crippen LogP contribution < -0.4 is 32.2 Å². The Bertz CT molecular complexity index is 1760. The molecule has 288 valence electrons. The quantitative estimate of drug-likeness (QED) is 0.0214. The normalized spacial score (nSPS) is 10.0. The summed E-state index contributed by atoms with van der Waals surface area (Å²) in [5, 5.41) is 41.9. The van der Waals surface area contributed by atoms with Crippen LogP contribution in [0.5, 0.6) is 11.5 Å². The van der Waals surface area contributed by atoms with Crippen molar-refractivity contribution in [2.24, 2.45) is 0 Å². The summed E-state index contributed by atoms with van der Waals surface area (Å²) in [5.41, 5.74) is 9.54.